The Morgan fingerprint density at radius 1 is 1.30 bits per heavy atom. The number of benzene rings is 1. The van der Waals surface area contributed by atoms with Gasteiger partial charge in [0.05, 0.1) is 14.2 Å². The fourth-order valence-corrected chi connectivity index (χ4v) is 2.78. The highest BCUT2D eigenvalue weighted by atomic mass is 19.1. The van der Waals surface area contributed by atoms with Gasteiger partial charge < -0.3 is 19.2 Å². The van der Waals surface area contributed by atoms with Crippen molar-refractivity contribution in [2.75, 3.05) is 20.8 Å². The van der Waals surface area contributed by atoms with Crippen LogP contribution in [0.1, 0.15) is 11.5 Å². The van der Waals surface area contributed by atoms with Crippen molar-refractivity contribution in [2.24, 2.45) is 0 Å². The third-order valence-corrected chi connectivity index (χ3v) is 4.00. The number of methoxy groups -OCH3 is 2. The zero-order valence-corrected chi connectivity index (χ0v) is 13.0. The second-order valence-corrected chi connectivity index (χ2v) is 5.39. The molecule has 1 saturated heterocycles. The van der Waals surface area contributed by atoms with Gasteiger partial charge in [-0.2, -0.15) is 0 Å². The Labute approximate surface area is 134 Å². The molecule has 1 aromatic heterocycles. The van der Waals surface area contributed by atoms with Crippen molar-refractivity contribution in [3.05, 3.63) is 42.0 Å². The predicted molar refractivity (Wildman–Crippen MR) is 84.2 cm³/mol. The van der Waals surface area contributed by atoms with E-state index in [0.29, 0.717) is 29.8 Å². The summed E-state index contributed by atoms with van der Waals surface area (Å²) < 4.78 is 30.1. The molecular weight excluding hydrogens is 300 g/mol. The molecule has 0 radical (unpaired) electrons. The summed E-state index contributed by atoms with van der Waals surface area (Å²) in [5.41, 5.74) is 1.94. The number of aromatic nitrogens is 1. The third kappa shape index (κ3) is 3.02. The second kappa shape index (κ2) is 6.56. The van der Waals surface area contributed by atoms with Crippen LogP contribution in [0.15, 0.2) is 30.6 Å². The van der Waals surface area contributed by atoms with Crippen molar-refractivity contribution in [3.63, 3.8) is 0 Å². The lowest BCUT2D eigenvalue weighted by Gasteiger charge is -2.13. The summed E-state index contributed by atoms with van der Waals surface area (Å²) in [7, 11) is 2.11. The predicted octanol–water partition coefficient (Wildman–Crippen LogP) is 2.50. The maximum atomic E-state index is 14.7. The van der Waals surface area contributed by atoms with Crippen molar-refractivity contribution < 1.29 is 23.5 Å². The van der Waals surface area contributed by atoms with Crippen LogP contribution in [0.3, 0.4) is 0 Å². The van der Waals surface area contributed by atoms with Crippen LogP contribution < -0.4 is 9.47 Å². The molecule has 1 aliphatic heterocycles. The van der Waals surface area contributed by atoms with Gasteiger partial charge in [-0.05, 0) is 30.1 Å². The molecule has 1 aliphatic rings. The monoisotopic (exact) mass is 317 g/mol. The lowest BCUT2D eigenvalue weighted by molar-refractivity contribution is 0.292. The van der Waals surface area contributed by atoms with Crippen molar-refractivity contribution in [1.82, 2.24) is 4.98 Å². The number of rotatable bonds is 4. The van der Waals surface area contributed by atoms with Crippen LogP contribution in [0.2, 0.25) is 6.32 Å². The molecule has 2 aromatic rings. The molecule has 0 bridgehead atoms. The van der Waals surface area contributed by atoms with Gasteiger partial charge in [0.15, 0.2) is 17.3 Å². The summed E-state index contributed by atoms with van der Waals surface area (Å²) in [6.07, 6.45) is 3.83. The van der Waals surface area contributed by atoms with Crippen LogP contribution in [0.25, 0.3) is 11.1 Å². The molecular formula is C16H17BFNO4. The first-order chi connectivity index (χ1) is 11.1. The van der Waals surface area contributed by atoms with E-state index >= 15 is 0 Å². The van der Waals surface area contributed by atoms with Gasteiger partial charge in [-0.25, -0.2) is 4.39 Å². The van der Waals surface area contributed by atoms with Gasteiger partial charge in [-0.15, -0.1) is 0 Å². The van der Waals surface area contributed by atoms with E-state index in [0.717, 1.165) is 5.56 Å². The Morgan fingerprint density at radius 3 is 2.78 bits per heavy atom. The zero-order valence-electron chi connectivity index (χ0n) is 13.0. The molecule has 1 atom stereocenters. The van der Waals surface area contributed by atoms with Crippen molar-refractivity contribution in [1.29, 1.82) is 0 Å². The Balaban J connectivity index is 1.99. The van der Waals surface area contributed by atoms with Crippen LogP contribution in [0, 0.1) is 5.82 Å². The minimum atomic E-state index is -0.749. The van der Waals surface area contributed by atoms with Crippen LogP contribution in [0.5, 0.6) is 11.5 Å². The van der Waals surface area contributed by atoms with Gasteiger partial charge in [0, 0.05) is 36.0 Å². The fraction of sp³-hybridized carbons (Fsp3) is 0.312. The molecule has 0 amide bonds. The first-order valence-corrected chi connectivity index (χ1v) is 7.29. The number of pyridine rings is 1. The maximum absolute atomic E-state index is 14.7. The average molecular weight is 317 g/mol. The van der Waals surface area contributed by atoms with E-state index < -0.39 is 12.9 Å². The van der Waals surface area contributed by atoms with Crippen LogP contribution in [-0.2, 0) is 4.65 Å². The van der Waals surface area contributed by atoms with Crippen LogP contribution in [-0.4, -0.2) is 38.0 Å². The standard InChI is InChI=1S/C16H17BFNO4/c1-21-14-4-3-13(15(18)16(14)22-2)11-5-10(7-19-8-11)12-6-17(20)23-9-12/h3-5,7-8,12,20H,6,9H2,1-2H3. The highest BCUT2D eigenvalue weighted by Crippen LogP contribution is 2.37. The Hall–Kier alpha value is -2.12. The molecule has 3 rings (SSSR count). The average Bonchev–Trinajstić information content (AvgIpc) is 3.01. The highest BCUT2D eigenvalue weighted by molar-refractivity contribution is 6.43. The van der Waals surface area contributed by atoms with Gasteiger partial charge >= 0.3 is 7.12 Å². The highest BCUT2D eigenvalue weighted by Gasteiger charge is 2.30. The summed E-state index contributed by atoms with van der Waals surface area (Å²) in [4.78, 5) is 4.19. The Bertz CT molecular complexity index is 712. The van der Waals surface area contributed by atoms with E-state index in [4.69, 9.17) is 14.1 Å². The van der Waals surface area contributed by atoms with E-state index in [1.165, 1.54) is 14.2 Å². The van der Waals surface area contributed by atoms with Gasteiger partial charge in [0.1, 0.15) is 0 Å². The molecule has 1 fully saturated rings. The van der Waals surface area contributed by atoms with Gasteiger partial charge in [-0.1, -0.05) is 0 Å². The van der Waals surface area contributed by atoms with Gasteiger partial charge in [0.2, 0.25) is 0 Å². The summed E-state index contributed by atoms with van der Waals surface area (Å²) in [5.74, 6) is -0.0330. The summed E-state index contributed by atoms with van der Waals surface area (Å²) >= 11 is 0. The van der Waals surface area contributed by atoms with E-state index in [-0.39, 0.29) is 11.7 Å². The second-order valence-electron chi connectivity index (χ2n) is 5.39. The zero-order chi connectivity index (χ0) is 16.4. The third-order valence-electron chi connectivity index (χ3n) is 4.00. The minimum Gasteiger partial charge on any atom is -0.493 e. The quantitative estimate of drug-likeness (QED) is 0.878. The fourth-order valence-electron chi connectivity index (χ4n) is 2.78. The van der Waals surface area contributed by atoms with E-state index in [1.54, 1.807) is 24.5 Å². The Morgan fingerprint density at radius 2 is 2.13 bits per heavy atom. The normalized spacial score (nSPS) is 17.4. The molecule has 2 heterocycles. The molecule has 7 heteroatoms. The van der Waals surface area contributed by atoms with Crippen LogP contribution in [0.4, 0.5) is 4.39 Å². The molecule has 5 nitrogen and oxygen atoms in total. The van der Waals surface area contributed by atoms with E-state index in [1.807, 2.05) is 6.07 Å². The molecule has 1 unspecified atom stereocenters. The van der Waals surface area contributed by atoms with Crippen LogP contribution >= 0.6 is 0 Å². The SMILES string of the molecule is COc1ccc(-c2cncc(C3COB(O)C3)c2)c(F)c1OC. The number of halogens is 1. The first-order valence-electron chi connectivity index (χ1n) is 7.29. The lowest BCUT2D eigenvalue weighted by Crippen LogP contribution is -2.07. The number of hydrogen-bond donors (Lipinski definition) is 1. The summed E-state index contributed by atoms with van der Waals surface area (Å²) in [6.45, 7) is 0.431. The summed E-state index contributed by atoms with van der Waals surface area (Å²) in [6, 6.07) is 5.16. The van der Waals surface area contributed by atoms with Gasteiger partial charge in [0.25, 0.3) is 0 Å². The number of ether oxygens (including phenoxy) is 2. The minimum absolute atomic E-state index is 0.0562. The van der Waals surface area contributed by atoms with Crippen molar-refractivity contribution >= 4 is 7.12 Å². The van der Waals surface area contributed by atoms with Gasteiger partial charge in [-0.3, -0.25) is 4.98 Å². The number of nitrogens with zero attached hydrogens (tertiary/aromatic N) is 1. The molecule has 0 saturated carbocycles. The lowest BCUT2D eigenvalue weighted by atomic mass is 9.80. The molecule has 0 aliphatic carbocycles. The van der Waals surface area contributed by atoms with Crippen molar-refractivity contribution in [3.8, 4) is 22.6 Å². The largest absolute Gasteiger partial charge is 0.493 e. The molecule has 1 aromatic carbocycles. The topological polar surface area (TPSA) is 60.8 Å². The molecule has 23 heavy (non-hydrogen) atoms. The smallest absolute Gasteiger partial charge is 0.454 e. The first kappa shape index (κ1) is 15.8. The maximum Gasteiger partial charge on any atom is 0.454 e. The molecule has 120 valence electrons. The van der Waals surface area contributed by atoms with E-state index in [9.17, 15) is 9.41 Å². The molecule has 0 spiro atoms. The summed E-state index contributed by atoms with van der Waals surface area (Å²) in [5, 5.41) is 9.48. The molecule has 1 N–H and O–H groups in total. The Kier molecular flexibility index (Phi) is 4.50. The van der Waals surface area contributed by atoms with Crippen molar-refractivity contribution in [2.45, 2.75) is 12.2 Å². The van der Waals surface area contributed by atoms with E-state index in [2.05, 4.69) is 4.98 Å². The number of hydrogen-bond acceptors (Lipinski definition) is 5.